The van der Waals surface area contributed by atoms with Crippen LogP contribution in [0.4, 0.5) is 0 Å². The van der Waals surface area contributed by atoms with E-state index in [1.165, 1.54) is 114 Å². The van der Waals surface area contributed by atoms with Crippen LogP contribution in [0.1, 0.15) is 103 Å². The van der Waals surface area contributed by atoms with Gasteiger partial charge in [-0.2, -0.15) is 0 Å². The Morgan fingerprint density at radius 2 is 0.550 bits per heavy atom. The molecule has 0 unspecified atom stereocenters. The lowest BCUT2D eigenvalue weighted by Crippen LogP contribution is -1.89. The molecular weight excluding hydrogens is 240 g/mol. The van der Waals surface area contributed by atoms with Crippen molar-refractivity contribution in [2.24, 2.45) is 0 Å². The Morgan fingerprint density at radius 1 is 0.350 bits per heavy atom. The van der Waals surface area contributed by atoms with Crippen LogP contribution >= 0.6 is 0 Å². The SMILES string of the molecule is C=C1CCCCCCCCC(=C)CCCCCCCC1. The fourth-order valence-corrected chi connectivity index (χ4v) is 3.16. The van der Waals surface area contributed by atoms with Crippen LogP contribution in [0.2, 0.25) is 0 Å². The molecule has 20 heavy (non-hydrogen) atoms. The van der Waals surface area contributed by atoms with E-state index in [0.29, 0.717) is 0 Å². The molecule has 0 spiro atoms. The minimum absolute atomic E-state index is 1.27. The Bertz CT molecular complexity index is 209. The molecule has 0 aromatic carbocycles. The average molecular weight is 277 g/mol. The van der Waals surface area contributed by atoms with Crippen molar-refractivity contribution >= 4 is 0 Å². The Labute approximate surface area is 127 Å². The smallest absolute Gasteiger partial charge is 0.0323 e. The molecule has 1 rings (SSSR count). The second-order valence-corrected chi connectivity index (χ2v) is 6.74. The maximum atomic E-state index is 4.24. The van der Waals surface area contributed by atoms with E-state index in [1.54, 1.807) is 0 Å². The molecule has 0 atom stereocenters. The van der Waals surface area contributed by atoms with Crippen LogP contribution in [0.25, 0.3) is 0 Å². The molecule has 0 aromatic heterocycles. The number of allylic oxidation sites excluding steroid dienone is 2. The van der Waals surface area contributed by atoms with Crippen LogP contribution in [-0.2, 0) is 0 Å². The molecule has 0 amide bonds. The Hall–Kier alpha value is -0.520. The summed E-state index contributed by atoms with van der Waals surface area (Å²) in [5.74, 6) is 0. The molecule has 0 radical (unpaired) electrons. The third-order valence-electron chi connectivity index (χ3n) is 4.62. The van der Waals surface area contributed by atoms with E-state index in [9.17, 15) is 0 Å². The van der Waals surface area contributed by atoms with Gasteiger partial charge in [-0.15, -0.1) is 0 Å². The third kappa shape index (κ3) is 10.3. The van der Waals surface area contributed by atoms with Crippen LogP contribution in [0, 0.1) is 0 Å². The van der Waals surface area contributed by atoms with E-state index >= 15 is 0 Å². The van der Waals surface area contributed by atoms with E-state index in [-0.39, 0.29) is 0 Å². The molecule has 1 fully saturated rings. The molecule has 0 heteroatoms. The normalized spacial score (nSPS) is 23.0. The predicted octanol–water partition coefficient (Wildman–Crippen LogP) is 7.35. The summed E-state index contributed by atoms with van der Waals surface area (Å²) in [6.45, 7) is 8.49. The van der Waals surface area contributed by atoms with Crippen molar-refractivity contribution in [3.63, 3.8) is 0 Å². The lowest BCUT2D eigenvalue weighted by molar-refractivity contribution is 0.560. The van der Waals surface area contributed by atoms with Gasteiger partial charge >= 0.3 is 0 Å². The lowest BCUT2D eigenvalue weighted by atomic mass is 9.98. The molecule has 116 valence electrons. The second-order valence-electron chi connectivity index (χ2n) is 6.74. The monoisotopic (exact) mass is 276 g/mol. The summed E-state index contributed by atoms with van der Waals surface area (Å²) in [6, 6.07) is 0. The van der Waals surface area contributed by atoms with E-state index in [1.807, 2.05) is 0 Å². The van der Waals surface area contributed by atoms with Gasteiger partial charge in [0.15, 0.2) is 0 Å². The summed E-state index contributed by atoms with van der Waals surface area (Å²) >= 11 is 0. The number of hydrogen-bond acceptors (Lipinski definition) is 0. The van der Waals surface area contributed by atoms with Gasteiger partial charge in [0, 0.05) is 0 Å². The summed E-state index contributed by atoms with van der Waals surface area (Å²) in [5.41, 5.74) is 3.00. The van der Waals surface area contributed by atoms with Crippen molar-refractivity contribution in [2.45, 2.75) is 103 Å². The predicted molar refractivity (Wildman–Crippen MR) is 92.2 cm³/mol. The molecule has 0 aliphatic heterocycles. The topological polar surface area (TPSA) is 0 Å². The van der Waals surface area contributed by atoms with Crippen molar-refractivity contribution in [1.29, 1.82) is 0 Å². The zero-order chi connectivity index (χ0) is 14.5. The summed E-state index contributed by atoms with van der Waals surface area (Å²) in [5, 5.41) is 0. The van der Waals surface area contributed by atoms with Crippen LogP contribution in [0.5, 0.6) is 0 Å². The molecular formula is C20H36. The van der Waals surface area contributed by atoms with Crippen molar-refractivity contribution < 1.29 is 0 Å². The highest BCUT2D eigenvalue weighted by Gasteiger charge is 2.00. The van der Waals surface area contributed by atoms with E-state index in [2.05, 4.69) is 13.2 Å². The molecule has 0 saturated heterocycles. The van der Waals surface area contributed by atoms with Crippen molar-refractivity contribution in [3.8, 4) is 0 Å². The number of hydrogen-bond donors (Lipinski definition) is 0. The summed E-state index contributed by atoms with van der Waals surface area (Å²) in [4.78, 5) is 0. The maximum Gasteiger partial charge on any atom is -0.0323 e. The van der Waals surface area contributed by atoms with Crippen molar-refractivity contribution in [3.05, 3.63) is 24.3 Å². The molecule has 0 N–H and O–H groups in total. The van der Waals surface area contributed by atoms with Gasteiger partial charge in [-0.25, -0.2) is 0 Å². The van der Waals surface area contributed by atoms with E-state index in [0.717, 1.165) is 0 Å². The fourth-order valence-electron chi connectivity index (χ4n) is 3.16. The van der Waals surface area contributed by atoms with Gasteiger partial charge in [0.25, 0.3) is 0 Å². The van der Waals surface area contributed by atoms with Gasteiger partial charge in [0.1, 0.15) is 0 Å². The van der Waals surface area contributed by atoms with Gasteiger partial charge < -0.3 is 0 Å². The highest BCUT2D eigenvalue weighted by atomic mass is 14.1. The lowest BCUT2D eigenvalue weighted by Gasteiger charge is -2.08. The van der Waals surface area contributed by atoms with Crippen LogP contribution in [0.3, 0.4) is 0 Å². The Morgan fingerprint density at radius 3 is 0.800 bits per heavy atom. The van der Waals surface area contributed by atoms with Gasteiger partial charge in [-0.05, 0) is 51.4 Å². The third-order valence-corrected chi connectivity index (χ3v) is 4.62. The second kappa shape index (κ2) is 12.2. The van der Waals surface area contributed by atoms with Crippen LogP contribution in [0.15, 0.2) is 24.3 Å². The van der Waals surface area contributed by atoms with Gasteiger partial charge in [-0.3, -0.25) is 0 Å². The molecule has 1 aliphatic carbocycles. The molecule has 1 saturated carbocycles. The van der Waals surface area contributed by atoms with Gasteiger partial charge in [-0.1, -0.05) is 75.7 Å². The molecule has 0 aromatic rings. The first-order chi connectivity index (χ1) is 9.79. The zero-order valence-electron chi connectivity index (χ0n) is 13.7. The Kier molecular flexibility index (Phi) is 10.7. The maximum absolute atomic E-state index is 4.24. The number of rotatable bonds is 0. The van der Waals surface area contributed by atoms with Crippen molar-refractivity contribution in [1.82, 2.24) is 0 Å². The molecule has 0 nitrogen and oxygen atoms in total. The largest absolute Gasteiger partial charge is 0.0999 e. The van der Waals surface area contributed by atoms with Gasteiger partial charge in [0.2, 0.25) is 0 Å². The first kappa shape index (κ1) is 17.5. The molecule has 0 heterocycles. The first-order valence-corrected chi connectivity index (χ1v) is 9.12. The average Bonchev–Trinajstić information content (AvgIpc) is 2.43. The zero-order valence-corrected chi connectivity index (χ0v) is 13.7. The summed E-state index contributed by atoms with van der Waals surface area (Å²) < 4.78 is 0. The molecule has 0 bridgehead atoms. The molecule has 1 aliphatic rings. The summed E-state index contributed by atoms with van der Waals surface area (Å²) in [7, 11) is 0. The minimum atomic E-state index is 1.27. The van der Waals surface area contributed by atoms with Crippen LogP contribution in [-0.4, -0.2) is 0 Å². The summed E-state index contributed by atoms with van der Waals surface area (Å²) in [6.07, 6.45) is 21.8. The highest BCUT2D eigenvalue weighted by molar-refractivity contribution is 4.94. The fraction of sp³-hybridized carbons (Fsp3) is 0.800. The minimum Gasteiger partial charge on any atom is -0.0999 e. The Balaban J connectivity index is 2.19. The van der Waals surface area contributed by atoms with Crippen LogP contribution < -0.4 is 0 Å². The van der Waals surface area contributed by atoms with Gasteiger partial charge in [0.05, 0.1) is 0 Å². The first-order valence-electron chi connectivity index (χ1n) is 9.12. The standard InChI is InChI=1S/C20H36/c1-19-15-11-7-3-5-9-13-17-20(2)18-14-10-6-4-8-12-16-19/h1-18H2. The van der Waals surface area contributed by atoms with Crippen molar-refractivity contribution in [2.75, 3.05) is 0 Å². The highest BCUT2D eigenvalue weighted by Crippen LogP contribution is 2.20. The quantitative estimate of drug-likeness (QED) is 0.405. The van der Waals surface area contributed by atoms with E-state index < -0.39 is 0 Å². The van der Waals surface area contributed by atoms with E-state index in [4.69, 9.17) is 0 Å².